The second-order valence-electron chi connectivity index (χ2n) is 4.06. The number of nitrogens with zero attached hydrogens (tertiary/aromatic N) is 1. The van der Waals surface area contributed by atoms with Gasteiger partial charge in [-0.2, -0.15) is 0 Å². The number of benzene rings is 1. The summed E-state index contributed by atoms with van der Waals surface area (Å²) in [6, 6.07) is 8.61. The summed E-state index contributed by atoms with van der Waals surface area (Å²) in [6.07, 6.45) is 0. The molecular formula is C13H16N2S2. The third-order valence-corrected chi connectivity index (χ3v) is 4.49. The minimum Gasteiger partial charge on any atom is -0.323 e. The van der Waals surface area contributed by atoms with Gasteiger partial charge >= 0.3 is 0 Å². The van der Waals surface area contributed by atoms with E-state index >= 15 is 0 Å². The third-order valence-electron chi connectivity index (χ3n) is 2.42. The zero-order valence-electron chi connectivity index (χ0n) is 10.0. The molecule has 2 rings (SSSR count). The quantitative estimate of drug-likeness (QED) is 0.854. The highest BCUT2D eigenvalue weighted by Crippen LogP contribution is 2.25. The molecule has 1 unspecified atom stereocenters. The molecular weight excluding hydrogens is 248 g/mol. The topological polar surface area (TPSA) is 38.9 Å². The van der Waals surface area contributed by atoms with E-state index in [0.29, 0.717) is 0 Å². The lowest BCUT2D eigenvalue weighted by molar-refractivity contribution is 0.785. The van der Waals surface area contributed by atoms with Gasteiger partial charge in [-0.3, -0.25) is 0 Å². The van der Waals surface area contributed by atoms with Crippen molar-refractivity contribution in [3.05, 3.63) is 45.9 Å². The van der Waals surface area contributed by atoms with Crippen molar-refractivity contribution in [3.63, 3.8) is 0 Å². The predicted octanol–water partition coefficient (Wildman–Crippen LogP) is 3.76. The van der Waals surface area contributed by atoms with Crippen LogP contribution in [0.2, 0.25) is 0 Å². The van der Waals surface area contributed by atoms with Crippen LogP contribution >= 0.6 is 23.1 Å². The Labute approximate surface area is 110 Å². The summed E-state index contributed by atoms with van der Waals surface area (Å²) in [5, 5.41) is 3.19. The van der Waals surface area contributed by atoms with Gasteiger partial charge in [0, 0.05) is 16.3 Å². The Morgan fingerprint density at radius 1 is 1.35 bits per heavy atom. The van der Waals surface area contributed by atoms with Gasteiger partial charge in [0.1, 0.15) is 5.01 Å². The van der Waals surface area contributed by atoms with Crippen LogP contribution in [0.1, 0.15) is 29.2 Å². The lowest BCUT2D eigenvalue weighted by Gasteiger charge is -2.00. The highest BCUT2D eigenvalue weighted by molar-refractivity contribution is 7.98. The Morgan fingerprint density at radius 2 is 2.06 bits per heavy atom. The average Bonchev–Trinajstić information content (AvgIpc) is 2.77. The van der Waals surface area contributed by atoms with Crippen molar-refractivity contribution in [2.75, 3.05) is 0 Å². The SMILES string of the molecule is Cc1ccc(SCc2nc(C(C)N)cs2)cc1. The fourth-order valence-electron chi connectivity index (χ4n) is 1.38. The molecule has 0 aliphatic rings. The Hall–Kier alpha value is -0.840. The van der Waals surface area contributed by atoms with Gasteiger partial charge in [-0.15, -0.1) is 23.1 Å². The summed E-state index contributed by atoms with van der Waals surface area (Å²) in [6.45, 7) is 4.07. The van der Waals surface area contributed by atoms with Crippen LogP contribution < -0.4 is 5.73 Å². The summed E-state index contributed by atoms with van der Waals surface area (Å²) in [5.74, 6) is 0.917. The van der Waals surface area contributed by atoms with Crippen molar-refractivity contribution in [1.29, 1.82) is 0 Å². The van der Waals surface area contributed by atoms with E-state index in [2.05, 4.69) is 41.6 Å². The molecule has 1 aromatic carbocycles. The minimum atomic E-state index is 0.0318. The Bertz CT molecular complexity index is 474. The predicted molar refractivity (Wildman–Crippen MR) is 75.5 cm³/mol. The smallest absolute Gasteiger partial charge is 0.103 e. The van der Waals surface area contributed by atoms with Crippen LogP contribution in [-0.2, 0) is 5.75 Å². The molecule has 0 radical (unpaired) electrons. The van der Waals surface area contributed by atoms with E-state index in [9.17, 15) is 0 Å². The normalized spacial score (nSPS) is 12.6. The number of aromatic nitrogens is 1. The van der Waals surface area contributed by atoms with Crippen LogP contribution in [0, 0.1) is 6.92 Å². The monoisotopic (exact) mass is 264 g/mol. The van der Waals surface area contributed by atoms with Gasteiger partial charge in [-0.05, 0) is 26.0 Å². The maximum absolute atomic E-state index is 5.79. The lowest BCUT2D eigenvalue weighted by Crippen LogP contribution is -2.05. The number of hydrogen-bond donors (Lipinski definition) is 1. The molecule has 2 aromatic rings. The molecule has 90 valence electrons. The molecule has 0 saturated carbocycles. The zero-order chi connectivity index (χ0) is 12.3. The molecule has 0 aliphatic heterocycles. The highest BCUT2D eigenvalue weighted by Gasteiger charge is 2.06. The second kappa shape index (κ2) is 5.67. The van der Waals surface area contributed by atoms with E-state index in [1.165, 1.54) is 10.5 Å². The maximum atomic E-state index is 5.79. The minimum absolute atomic E-state index is 0.0318. The van der Waals surface area contributed by atoms with Crippen LogP contribution in [0.4, 0.5) is 0 Å². The van der Waals surface area contributed by atoms with Crippen molar-refractivity contribution in [2.24, 2.45) is 5.73 Å². The first-order chi connectivity index (χ1) is 8.15. The van der Waals surface area contributed by atoms with Crippen molar-refractivity contribution in [2.45, 2.75) is 30.5 Å². The largest absolute Gasteiger partial charge is 0.323 e. The molecule has 1 heterocycles. The maximum Gasteiger partial charge on any atom is 0.103 e. The number of thioether (sulfide) groups is 1. The average molecular weight is 264 g/mol. The van der Waals surface area contributed by atoms with E-state index in [1.807, 2.05) is 18.7 Å². The molecule has 17 heavy (non-hydrogen) atoms. The molecule has 0 amide bonds. The molecule has 0 aliphatic carbocycles. The number of thiazole rings is 1. The van der Waals surface area contributed by atoms with E-state index in [4.69, 9.17) is 5.73 Å². The summed E-state index contributed by atoms with van der Waals surface area (Å²) < 4.78 is 0. The number of nitrogens with two attached hydrogens (primary N) is 1. The van der Waals surface area contributed by atoms with Gasteiger partial charge in [0.15, 0.2) is 0 Å². The Morgan fingerprint density at radius 3 is 2.65 bits per heavy atom. The van der Waals surface area contributed by atoms with Gasteiger partial charge in [0.05, 0.1) is 11.4 Å². The summed E-state index contributed by atoms with van der Waals surface area (Å²) >= 11 is 3.50. The van der Waals surface area contributed by atoms with Crippen LogP contribution in [0.25, 0.3) is 0 Å². The van der Waals surface area contributed by atoms with Gasteiger partial charge < -0.3 is 5.73 Å². The van der Waals surface area contributed by atoms with Crippen molar-refractivity contribution < 1.29 is 0 Å². The first kappa shape index (κ1) is 12.6. The molecule has 4 heteroatoms. The van der Waals surface area contributed by atoms with Crippen molar-refractivity contribution >= 4 is 23.1 Å². The van der Waals surface area contributed by atoms with Gasteiger partial charge in [-0.25, -0.2) is 4.98 Å². The summed E-state index contributed by atoms with van der Waals surface area (Å²) in [5.41, 5.74) is 8.08. The molecule has 2 nitrogen and oxygen atoms in total. The third kappa shape index (κ3) is 3.56. The second-order valence-corrected chi connectivity index (χ2v) is 6.05. The zero-order valence-corrected chi connectivity index (χ0v) is 11.6. The molecule has 1 aromatic heterocycles. The Balaban J connectivity index is 1.95. The number of aryl methyl sites for hydroxylation is 1. The van der Waals surface area contributed by atoms with E-state index in [-0.39, 0.29) is 6.04 Å². The molecule has 0 saturated heterocycles. The van der Waals surface area contributed by atoms with Crippen LogP contribution in [0.5, 0.6) is 0 Å². The van der Waals surface area contributed by atoms with Gasteiger partial charge in [-0.1, -0.05) is 17.7 Å². The first-order valence-corrected chi connectivity index (χ1v) is 7.41. The van der Waals surface area contributed by atoms with Gasteiger partial charge in [0.25, 0.3) is 0 Å². The summed E-state index contributed by atoms with van der Waals surface area (Å²) in [4.78, 5) is 5.80. The van der Waals surface area contributed by atoms with Crippen LogP contribution in [0.15, 0.2) is 34.5 Å². The van der Waals surface area contributed by atoms with Gasteiger partial charge in [0.2, 0.25) is 0 Å². The van der Waals surface area contributed by atoms with Crippen LogP contribution in [-0.4, -0.2) is 4.98 Å². The fraction of sp³-hybridized carbons (Fsp3) is 0.308. The molecule has 2 N–H and O–H groups in total. The van der Waals surface area contributed by atoms with Crippen LogP contribution in [0.3, 0.4) is 0 Å². The van der Waals surface area contributed by atoms with Crippen molar-refractivity contribution in [1.82, 2.24) is 4.98 Å². The number of rotatable bonds is 4. The number of hydrogen-bond acceptors (Lipinski definition) is 4. The summed E-state index contributed by atoms with van der Waals surface area (Å²) in [7, 11) is 0. The highest BCUT2D eigenvalue weighted by atomic mass is 32.2. The lowest BCUT2D eigenvalue weighted by atomic mass is 10.2. The van der Waals surface area contributed by atoms with E-state index in [1.54, 1.807) is 11.3 Å². The van der Waals surface area contributed by atoms with E-state index in [0.717, 1.165) is 16.5 Å². The molecule has 0 fully saturated rings. The fourth-order valence-corrected chi connectivity index (χ4v) is 3.19. The molecule has 0 spiro atoms. The Kier molecular flexibility index (Phi) is 4.20. The standard InChI is InChI=1S/C13H16N2S2/c1-9-3-5-11(6-4-9)16-8-13-15-12(7-17-13)10(2)14/h3-7,10H,8,14H2,1-2H3. The first-order valence-electron chi connectivity index (χ1n) is 5.54. The molecule has 0 bridgehead atoms. The van der Waals surface area contributed by atoms with Crippen molar-refractivity contribution in [3.8, 4) is 0 Å². The molecule has 1 atom stereocenters. The van der Waals surface area contributed by atoms with E-state index < -0.39 is 0 Å².